The van der Waals surface area contributed by atoms with E-state index in [4.69, 9.17) is 15.4 Å². The summed E-state index contributed by atoms with van der Waals surface area (Å²) in [6, 6.07) is 18.6. The fourth-order valence-corrected chi connectivity index (χ4v) is 3.65. The van der Waals surface area contributed by atoms with Crippen molar-refractivity contribution in [1.29, 1.82) is 0 Å². The first kappa shape index (κ1) is 29.3. The van der Waals surface area contributed by atoms with Crippen LogP contribution in [0.5, 0.6) is 11.5 Å². The maximum Gasteiger partial charge on any atom is 3.00 e. The molecule has 0 saturated carbocycles. The zero-order valence-electron chi connectivity index (χ0n) is 21.3. The third kappa shape index (κ3) is 7.17. The van der Waals surface area contributed by atoms with Crippen LogP contribution in [0.25, 0.3) is 21.9 Å². The minimum absolute atomic E-state index is 0. The summed E-state index contributed by atoms with van der Waals surface area (Å²) in [6.07, 6.45) is 4.76. The number of para-hydroxylation sites is 2. The van der Waals surface area contributed by atoms with Crippen LogP contribution in [0.3, 0.4) is 0 Å². The third-order valence-electron chi connectivity index (χ3n) is 5.13. The number of fused-ring (bicyclic) bond motifs is 2. The van der Waals surface area contributed by atoms with Gasteiger partial charge in [-0.15, -0.1) is 18.2 Å². The van der Waals surface area contributed by atoms with Crippen molar-refractivity contribution >= 4 is 11.4 Å². The topological polar surface area (TPSA) is 79.3 Å². The van der Waals surface area contributed by atoms with Gasteiger partial charge < -0.3 is 25.3 Å². The Hall–Kier alpha value is -3.30. The van der Waals surface area contributed by atoms with E-state index in [1.807, 2.05) is 36.5 Å². The van der Waals surface area contributed by atoms with Crippen LogP contribution in [0, 0.1) is 18.0 Å². The average Bonchev–Trinajstić information content (AvgIpc) is 2.87. The van der Waals surface area contributed by atoms with Crippen molar-refractivity contribution in [2.24, 2.45) is 0 Å². The number of benzene rings is 1. The second-order valence-electron chi connectivity index (χ2n) is 8.72. The number of hydrogen-bond donors (Lipinski definition) is 0. The maximum atomic E-state index is 13.1. The van der Waals surface area contributed by atoms with Crippen LogP contribution in [-0.2, 0) is 20.1 Å². The summed E-state index contributed by atoms with van der Waals surface area (Å²) in [5.74, 6) is -0.193. The van der Waals surface area contributed by atoms with Crippen LogP contribution in [0.2, 0.25) is 0 Å². The molecule has 0 radical (unpaired) electrons. The molecule has 1 aliphatic rings. The minimum atomic E-state index is -0.899. The molecular weight excluding hydrogens is 667 g/mol. The molecular formula is C28H27F2IrN6O. The molecule has 0 unspecified atom stereocenters. The Morgan fingerprint density at radius 3 is 2.21 bits per heavy atom. The fourth-order valence-electron chi connectivity index (χ4n) is 3.65. The zero-order chi connectivity index (χ0) is 26.4. The molecule has 0 fully saturated rings. The van der Waals surface area contributed by atoms with Crippen molar-refractivity contribution in [3.8, 4) is 22.8 Å². The van der Waals surface area contributed by atoms with Gasteiger partial charge in [0.05, 0.1) is 11.9 Å². The summed E-state index contributed by atoms with van der Waals surface area (Å²) >= 11 is 0. The smallest absolute Gasteiger partial charge is 0.658 e. The second-order valence-corrected chi connectivity index (χ2v) is 8.72. The summed E-state index contributed by atoms with van der Waals surface area (Å²) < 4.78 is 31.6. The van der Waals surface area contributed by atoms with E-state index in [0.29, 0.717) is 5.69 Å². The number of anilines is 2. The number of hydrogen-bond acceptors (Lipinski definition) is 5. The van der Waals surface area contributed by atoms with E-state index in [1.54, 1.807) is 24.4 Å². The van der Waals surface area contributed by atoms with E-state index < -0.39 is 11.9 Å². The van der Waals surface area contributed by atoms with E-state index in [9.17, 15) is 8.78 Å². The number of nitrogens with zero attached hydrogens (tertiary/aromatic N) is 6. The van der Waals surface area contributed by atoms with Gasteiger partial charge >= 0.3 is 20.1 Å². The Kier molecular flexibility index (Phi) is 10.4. The van der Waals surface area contributed by atoms with Crippen LogP contribution in [0.1, 0.15) is 27.7 Å². The second kappa shape index (κ2) is 13.5. The first-order valence-corrected chi connectivity index (χ1v) is 11.9. The molecule has 5 rings (SSSR count). The van der Waals surface area contributed by atoms with Gasteiger partial charge in [-0.2, -0.15) is 6.29 Å². The molecule has 0 aliphatic carbocycles. The number of halogens is 2. The minimum Gasteiger partial charge on any atom is -0.658 e. The number of rotatable bonds is 6. The average molecular weight is 694 g/mol. The van der Waals surface area contributed by atoms with Crippen LogP contribution in [0.4, 0.5) is 20.2 Å². The van der Waals surface area contributed by atoms with Crippen molar-refractivity contribution in [3.05, 3.63) is 102 Å². The molecule has 3 aromatic heterocycles. The van der Waals surface area contributed by atoms with Crippen molar-refractivity contribution in [3.63, 3.8) is 0 Å². The maximum absolute atomic E-state index is 13.1. The van der Waals surface area contributed by atoms with Gasteiger partial charge in [-0.25, -0.2) is 8.78 Å². The Labute approximate surface area is 235 Å². The molecule has 1 aromatic carbocycles. The molecule has 0 bridgehead atoms. The molecule has 7 nitrogen and oxygen atoms in total. The molecule has 4 heterocycles. The Bertz CT molecular complexity index is 1270. The monoisotopic (exact) mass is 694 g/mol. The molecule has 0 atom stereocenters. The molecule has 0 N–H and O–H groups in total. The standard InChI is InChI=1S/C18H22N4O.C10H5F2N2.Ir/c1-12(2)20-18(21-13(3)4)22-14-7-5-6-8-16(14)23-17-9-10-19-11-15(17)22;11-9-5-4-7(10(12)14-9)8-3-1-2-6-13-8;/h5-13,18H,1-4H3;1-3,5-6H;/q-2;-1;+3. The predicted molar refractivity (Wildman–Crippen MR) is 140 cm³/mol. The Morgan fingerprint density at radius 2 is 1.55 bits per heavy atom. The predicted octanol–water partition coefficient (Wildman–Crippen LogP) is 7.39. The summed E-state index contributed by atoms with van der Waals surface area (Å²) in [6.45, 7) is 8.28. The summed E-state index contributed by atoms with van der Waals surface area (Å²) in [5.41, 5.74) is 2.32. The van der Waals surface area contributed by atoms with E-state index in [-0.39, 0.29) is 44.0 Å². The van der Waals surface area contributed by atoms with E-state index in [0.717, 1.165) is 28.9 Å². The Balaban J connectivity index is 0.000000229. The van der Waals surface area contributed by atoms with E-state index in [2.05, 4.69) is 53.6 Å². The molecule has 198 valence electrons. The van der Waals surface area contributed by atoms with Crippen LogP contribution >= 0.6 is 0 Å². The van der Waals surface area contributed by atoms with Gasteiger partial charge in [0.15, 0.2) is 11.5 Å². The Morgan fingerprint density at radius 1 is 0.868 bits per heavy atom. The van der Waals surface area contributed by atoms with Crippen molar-refractivity contribution in [2.75, 3.05) is 4.90 Å². The quantitative estimate of drug-likeness (QED) is 0.156. The van der Waals surface area contributed by atoms with Crippen molar-refractivity contribution < 1.29 is 33.6 Å². The van der Waals surface area contributed by atoms with Crippen LogP contribution in [-0.4, -0.2) is 33.3 Å². The summed E-state index contributed by atoms with van der Waals surface area (Å²) in [4.78, 5) is 13.3. The molecule has 38 heavy (non-hydrogen) atoms. The van der Waals surface area contributed by atoms with E-state index in [1.165, 1.54) is 6.20 Å². The molecule has 0 spiro atoms. The third-order valence-corrected chi connectivity index (χ3v) is 5.13. The van der Waals surface area contributed by atoms with Crippen molar-refractivity contribution in [2.45, 2.75) is 46.1 Å². The first-order valence-electron chi connectivity index (χ1n) is 11.9. The van der Waals surface area contributed by atoms with Gasteiger partial charge in [-0.3, -0.25) is 9.97 Å². The van der Waals surface area contributed by atoms with Gasteiger partial charge in [0, 0.05) is 18.5 Å². The van der Waals surface area contributed by atoms with Gasteiger partial charge in [-0.1, -0.05) is 63.6 Å². The first-order chi connectivity index (χ1) is 17.8. The molecule has 0 amide bonds. The van der Waals surface area contributed by atoms with Crippen LogP contribution in [0.15, 0.2) is 73.2 Å². The van der Waals surface area contributed by atoms with Gasteiger partial charge in [0.1, 0.15) is 17.6 Å². The molecule has 10 heteroatoms. The largest absolute Gasteiger partial charge is 3.00 e. The van der Waals surface area contributed by atoms with Gasteiger partial charge in [0.25, 0.3) is 0 Å². The van der Waals surface area contributed by atoms with Gasteiger partial charge in [-0.05, 0) is 23.9 Å². The summed E-state index contributed by atoms with van der Waals surface area (Å²) in [7, 11) is 0. The molecule has 4 aromatic rings. The molecule has 0 saturated heterocycles. The zero-order valence-corrected chi connectivity index (χ0v) is 23.7. The SMILES string of the molecule is CC(C)[N-]C([N-]C(C)C)N1c2ccccc2Oc2ccncc21.Fc1c[c-]c(-c2ccccn2)c(F)n1.[Ir+3]. The number of ether oxygens (including phenoxy) is 1. The van der Waals surface area contributed by atoms with Gasteiger partial charge in [0.2, 0.25) is 0 Å². The van der Waals surface area contributed by atoms with Crippen molar-refractivity contribution in [1.82, 2.24) is 15.0 Å². The van der Waals surface area contributed by atoms with Crippen LogP contribution < -0.4 is 9.64 Å². The normalized spacial score (nSPS) is 11.8. The number of pyridine rings is 3. The summed E-state index contributed by atoms with van der Waals surface area (Å²) in [5, 5.41) is 9.63. The fraction of sp³-hybridized carbons (Fsp3) is 0.250. The van der Waals surface area contributed by atoms with E-state index >= 15 is 0 Å². The molecule has 1 aliphatic heterocycles. The number of aromatic nitrogens is 3.